The zero-order valence-corrected chi connectivity index (χ0v) is 14.8. The predicted molar refractivity (Wildman–Crippen MR) is 98.4 cm³/mol. The van der Waals surface area contributed by atoms with Gasteiger partial charge in [0.25, 0.3) is 0 Å². The molecule has 2 aromatic heterocycles. The molecule has 2 heterocycles. The van der Waals surface area contributed by atoms with Crippen molar-refractivity contribution in [1.29, 1.82) is 0 Å². The van der Waals surface area contributed by atoms with Gasteiger partial charge in [-0.25, -0.2) is 0 Å². The zero-order chi connectivity index (χ0) is 16.1. The quantitative estimate of drug-likeness (QED) is 0.634. The fourth-order valence-electron chi connectivity index (χ4n) is 2.40. The summed E-state index contributed by atoms with van der Waals surface area (Å²) in [6.45, 7) is 0. The Labute approximate surface area is 148 Å². The fourth-order valence-corrected chi connectivity index (χ4v) is 4.10. The van der Waals surface area contributed by atoms with Gasteiger partial charge in [-0.1, -0.05) is 29.8 Å². The Hall–Kier alpha value is -1.62. The molecule has 0 bridgehead atoms. The summed E-state index contributed by atoms with van der Waals surface area (Å²) < 4.78 is 0. The molecule has 0 spiro atoms. The summed E-state index contributed by atoms with van der Waals surface area (Å²) in [5.74, 6) is 0.0505. The minimum atomic E-state index is -0.0619. The third-order valence-electron chi connectivity index (χ3n) is 3.54. The summed E-state index contributed by atoms with van der Waals surface area (Å²) in [5, 5.41) is 10.0. The number of benzene rings is 1. The van der Waals surface area contributed by atoms with E-state index in [0.717, 1.165) is 16.0 Å². The van der Waals surface area contributed by atoms with Crippen LogP contribution in [0.25, 0.3) is 0 Å². The van der Waals surface area contributed by atoms with Gasteiger partial charge in [0.05, 0.1) is 6.04 Å². The summed E-state index contributed by atoms with van der Waals surface area (Å²) in [6, 6.07) is 13.7. The molecule has 2 nitrogen and oxygen atoms in total. The Morgan fingerprint density at radius 3 is 2.78 bits per heavy atom. The molecule has 1 amide bonds. The standard InChI is InChI=1S/C18H16ClNOS2/c19-15-4-1-3-13(11-15)6-7-17(21)20-18(14-8-10-22-12-14)16-5-2-9-23-16/h1-5,8-12,18H,6-7H2,(H,20,21). The first kappa shape index (κ1) is 16.2. The van der Waals surface area contributed by atoms with Gasteiger partial charge in [-0.2, -0.15) is 11.3 Å². The molecule has 0 aliphatic rings. The molecule has 5 heteroatoms. The minimum absolute atomic E-state index is 0.0505. The normalized spacial score (nSPS) is 12.0. The SMILES string of the molecule is O=C(CCc1cccc(Cl)c1)NC(c1ccsc1)c1cccs1. The van der Waals surface area contributed by atoms with Crippen molar-refractivity contribution in [2.75, 3.05) is 0 Å². The van der Waals surface area contributed by atoms with Crippen LogP contribution >= 0.6 is 34.3 Å². The molecule has 0 saturated heterocycles. The van der Waals surface area contributed by atoms with Gasteiger partial charge in [-0.05, 0) is 58.0 Å². The Bertz CT molecular complexity index is 719. The molecule has 118 valence electrons. The molecule has 0 aliphatic heterocycles. The lowest BCUT2D eigenvalue weighted by Crippen LogP contribution is -2.28. The molecular weight excluding hydrogens is 346 g/mol. The van der Waals surface area contributed by atoms with Gasteiger partial charge in [0.2, 0.25) is 5.91 Å². The van der Waals surface area contributed by atoms with Crippen molar-refractivity contribution in [2.24, 2.45) is 0 Å². The first-order valence-electron chi connectivity index (χ1n) is 7.31. The fraction of sp³-hybridized carbons (Fsp3) is 0.167. The molecular formula is C18H16ClNOS2. The van der Waals surface area contributed by atoms with E-state index in [0.29, 0.717) is 17.9 Å². The number of hydrogen-bond donors (Lipinski definition) is 1. The maximum Gasteiger partial charge on any atom is 0.221 e. The maximum atomic E-state index is 12.4. The molecule has 0 aliphatic carbocycles. The van der Waals surface area contributed by atoms with Crippen molar-refractivity contribution in [3.05, 3.63) is 79.6 Å². The van der Waals surface area contributed by atoms with Crippen LogP contribution in [0.15, 0.2) is 58.6 Å². The number of amides is 1. The lowest BCUT2D eigenvalue weighted by atomic mass is 10.1. The van der Waals surface area contributed by atoms with Gasteiger partial charge in [-0.15, -0.1) is 11.3 Å². The third kappa shape index (κ3) is 4.44. The van der Waals surface area contributed by atoms with E-state index in [1.54, 1.807) is 22.7 Å². The second-order valence-electron chi connectivity index (χ2n) is 5.20. The topological polar surface area (TPSA) is 29.1 Å². The molecule has 0 radical (unpaired) electrons. The van der Waals surface area contributed by atoms with Crippen molar-refractivity contribution in [3.8, 4) is 0 Å². The van der Waals surface area contributed by atoms with Crippen LogP contribution in [0.2, 0.25) is 5.02 Å². The van der Waals surface area contributed by atoms with Gasteiger partial charge in [-0.3, -0.25) is 4.79 Å². The molecule has 0 fully saturated rings. The molecule has 1 N–H and O–H groups in total. The number of carbonyl (C=O) groups is 1. The summed E-state index contributed by atoms with van der Waals surface area (Å²) >= 11 is 9.28. The minimum Gasteiger partial charge on any atom is -0.344 e. The van der Waals surface area contributed by atoms with Crippen LogP contribution in [-0.2, 0) is 11.2 Å². The number of nitrogens with one attached hydrogen (secondary N) is 1. The van der Waals surface area contributed by atoms with E-state index < -0.39 is 0 Å². The van der Waals surface area contributed by atoms with Gasteiger partial charge < -0.3 is 5.32 Å². The second-order valence-corrected chi connectivity index (χ2v) is 7.40. The average molecular weight is 362 g/mol. The Morgan fingerprint density at radius 1 is 1.17 bits per heavy atom. The Kier molecular flexibility index (Phi) is 5.49. The van der Waals surface area contributed by atoms with Crippen LogP contribution in [0.1, 0.15) is 28.5 Å². The van der Waals surface area contributed by atoms with E-state index >= 15 is 0 Å². The molecule has 3 rings (SSSR count). The number of carbonyl (C=O) groups excluding carboxylic acids is 1. The van der Waals surface area contributed by atoms with Gasteiger partial charge in [0, 0.05) is 16.3 Å². The van der Waals surface area contributed by atoms with Crippen LogP contribution in [-0.4, -0.2) is 5.91 Å². The van der Waals surface area contributed by atoms with Crippen molar-refractivity contribution < 1.29 is 4.79 Å². The van der Waals surface area contributed by atoms with Crippen LogP contribution in [0, 0.1) is 0 Å². The predicted octanol–water partition coefficient (Wildman–Crippen LogP) is 5.30. The average Bonchev–Trinajstić information content (AvgIpc) is 3.24. The maximum absolute atomic E-state index is 12.4. The smallest absolute Gasteiger partial charge is 0.221 e. The van der Waals surface area contributed by atoms with Crippen molar-refractivity contribution >= 4 is 40.2 Å². The lowest BCUT2D eigenvalue weighted by Gasteiger charge is -2.16. The molecule has 1 unspecified atom stereocenters. The highest BCUT2D eigenvalue weighted by atomic mass is 35.5. The van der Waals surface area contributed by atoms with Crippen molar-refractivity contribution in [1.82, 2.24) is 5.32 Å². The van der Waals surface area contributed by atoms with Crippen molar-refractivity contribution in [3.63, 3.8) is 0 Å². The zero-order valence-electron chi connectivity index (χ0n) is 12.4. The lowest BCUT2D eigenvalue weighted by molar-refractivity contribution is -0.121. The molecule has 3 aromatic rings. The number of halogens is 1. The summed E-state index contributed by atoms with van der Waals surface area (Å²) in [4.78, 5) is 13.5. The highest BCUT2D eigenvalue weighted by molar-refractivity contribution is 7.10. The summed E-state index contributed by atoms with van der Waals surface area (Å²) in [5.41, 5.74) is 2.21. The number of thiophene rings is 2. The molecule has 1 aromatic carbocycles. The number of rotatable bonds is 6. The molecule has 0 saturated carbocycles. The largest absolute Gasteiger partial charge is 0.344 e. The van der Waals surface area contributed by atoms with Crippen LogP contribution in [0.4, 0.5) is 0 Å². The van der Waals surface area contributed by atoms with E-state index in [2.05, 4.69) is 22.8 Å². The van der Waals surface area contributed by atoms with Crippen molar-refractivity contribution in [2.45, 2.75) is 18.9 Å². The highest BCUT2D eigenvalue weighted by Gasteiger charge is 2.18. The Morgan fingerprint density at radius 2 is 2.09 bits per heavy atom. The van der Waals surface area contributed by atoms with Gasteiger partial charge in [0.1, 0.15) is 0 Å². The monoisotopic (exact) mass is 361 g/mol. The van der Waals surface area contributed by atoms with Gasteiger partial charge in [0.15, 0.2) is 0 Å². The highest BCUT2D eigenvalue weighted by Crippen LogP contribution is 2.27. The molecule has 23 heavy (non-hydrogen) atoms. The van der Waals surface area contributed by atoms with E-state index in [-0.39, 0.29) is 11.9 Å². The van der Waals surface area contributed by atoms with Crippen LogP contribution in [0.3, 0.4) is 0 Å². The van der Waals surface area contributed by atoms with Crippen LogP contribution < -0.4 is 5.32 Å². The van der Waals surface area contributed by atoms with Crippen LogP contribution in [0.5, 0.6) is 0 Å². The number of aryl methyl sites for hydroxylation is 1. The summed E-state index contributed by atoms with van der Waals surface area (Å²) in [7, 11) is 0. The van der Waals surface area contributed by atoms with Gasteiger partial charge >= 0.3 is 0 Å². The second kappa shape index (κ2) is 7.77. The van der Waals surface area contributed by atoms with E-state index in [4.69, 9.17) is 11.6 Å². The van der Waals surface area contributed by atoms with E-state index in [1.807, 2.05) is 41.1 Å². The first-order valence-corrected chi connectivity index (χ1v) is 9.52. The molecule has 1 atom stereocenters. The Balaban J connectivity index is 1.65. The third-order valence-corrected chi connectivity index (χ3v) is 5.41. The van der Waals surface area contributed by atoms with E-state index in [1.165, 1.54) is 0 Å². The number of hydrogen-bond acceptors (Lipinski definition) is 3. The summed E-state index contributed by atoms with van der Waals surface area (Å²) in [6.07, 6.45) is 1.14. The van der Waals surface area contributed by atoms with E-state index in [9.17, 15) is 4.79 Å². The first-order chi connectivity index (χ1) is 11.2.